The third kappa shape index (κ3) is 3.18. The SMILES string of the molecule is O=C([C@H]1C[C@H]2C=C[C@H]1C2)N(Cc1cccnc1)C[C@@H]1CCCO1. The lowest BCUT2D eigenvalue weighted by atomic mass is 9.92. The average molecular weight is 312 g/mol. The number of carbonyl (C=O) groups is 1. The van der Waals surface area contributed by atoms with Crippen LogP contribution in [0.2, 0.25) is 0 Å². The van der Waals surface area contributed by atoms with Gasteiger partial charge in [-0.3, -0.25) is 9.78 Å². The second-order valence-electron chi connectivity index (χ2n) is 7.10. The molecule has 2 aliphatic carbocycles. The number of ether oxygens (including phenoxy) is 1. The molecule has 4 nitrogen and oxygen atoms in total. The molecule has 4 atom stereocenters. The van der Waals surface area contributed by atoms with E-state index in [1.54, 1.807) is 6.20 Å². The molecule has 122 valence electrons. The van der Waals surface area contributed by atoms with Crippen LogP contribution in [0.4, 0.5) is 0 Å². The molecule has 1 saturated carbocycles. The Hall–Kier alpha value is -1.68. The summed E-state index contributed by atoms with van der Waals surface area (Å²) in [5.41, 5.74) is 1.09. The maximum Gasteiger partial charge on any atom is 0.226 e. The first-order valence-corrected chi connectivity index (χ1v) is 8.77. The van der Waals surface area contributed by atoms with Crippen molar-refractivity contribution in [2.24, 2.45) is 17.8 Å². The Labute approximate surface area is 137 Å². The summed E-state index contributed by atoms with van der Waals surface area (Å²) in [5, 5.41) is 0. The van der Waals surface area contributed by atoms with Gasteiger partial charge in [0, 0.05) is 38.0 Å². The van der Waals surface area contributed by atoms with E-state index >= 15 is 0 Å². The number of hydrogen-bond acceptors (Lipinski definition) is 3. The molecule has 2 fully saturated rings. The van der Waals surface area contributed by atoms with Gasteiger partial charge in [0.05, 0.1) is 6.10 Å². The number of allylic oxidation sites excluding steroid dienone is 2. The second-order valence-corrected chi connectivity index (χ2v) is 7.10. The number of pyridine rings is 1. The smallest absolute Gasteiger partial charge is 0.226 e. The lowest BCUT2D eigenvalue weighted by Crippen LogP contribution is -2.41. The van der Waals surface area contributed by atoms with Crippen LogP contribution in [0.5, 0.6) is 0 Å². The Bertz CT molecular complexity index is 580. The van der Waals surface area contributed by atoms with Crippen LogP contribution >= 0.6 is 0 Å². The van der Waals surface area contributed by atoms with E-state index in [2.05, 4.69) is 17.1 Å². The lowest BCUT2D eigenvalue weighted by molar-refractivity contribution is -0.138. The van der Waals surface area contributed by atoms with Gasteiger partial charge in [-0.25, -0.2) is 0 Å². The molecule has 0 N–H and O–H groups in total. The highest BCUT2D eigenvalue weighted by molar-refractivity contribution is 5.80. The molecule has 0 spiro atoms. The molecule has 1 aromatic rings. The van der Waals surface area contributed by atoms with Gasteiger partial charge in [0.15, 0.2) is 0 Å². The molecule has 1 aromatic heterocycles. The van der Waals surface area contributed by atoms with Crippen molar-refractivity contribution in [3.63, 3.8) is 0 Å². The van der Waals surface area contributed by atoms with E-state index in [4.69, 9.17) is 4.74 Å². The summed E-state index contributed by atoms with van der Waals surface area (Å²) < 4.78 is 5.77. The minimum Gasteiger partial charge on any atom is -0.376 e. The Balaban J connectivity index is 1.49. The molecule has 2 heterocycles. The lowest BCUT2D eigenvalue weighted by Gasteiger charge is -2.30. The van der Waals surface area contributed by atoms with E-state index in [9.17, 15) is 4.79 Å². The fourth-order valence-corrected chi connectivity index (χ4v) is 4.28. The summed E-state index contributed by atoms with van der Waals surface area (Å²) in [6.07, 6.45) is 12.7. The molecule has 0 radical (unpaired) electrons. The van der Waals surface area contributed by atoms with Crippen molar-refractivity contribution in [3.8, 4) is 0 Å². The number of aromatic nitrogens is 1. The van der Waals surface area contributed by atoms with Crippen LogP contribution in [0.25, 0.3) is 0 Å². The van der Waals surface area contributed by atoms with E-state index in [0.717, 1.165) is 37.9 Å². The Kier molecular flexibility index (Phi) is 4.17. The third-order valence-electron chi connectivity index (χ3n) is 5.45. The second kappa shape index (κ2) is 6.44. The monoisotopic (exact) mass is 312 g/mol. The molecule has 2 bridgehead atoms. The standard InChI is InChI=1S/C19H24N2O2/c22-19(18-10-14-5-6-16(18)9-14)21(13-17-4-2-8-23-17)12-15-3-1-7-20-11-15/h1,3,5-7,11,14,16-18H,2,4,8-10,12-13H2/t14-,16-,17-,18-/m0/s1. The normalized spacial score (nSPS) is 31.7. The van der Waals surface area contributed by atoms with Gasteiger partial charge in [0.25, 0.3) is 0 Å². The summed E-state index contributed by atoms with van der Waals surface area (Å²) in [7, 11) is 0. The van der Waals surface area contributed by atoms with Crippen molar-refractivity contribution in [2.75, 3.05) is 13.2 Å². The Morgan fingerprint density at radius 3 is 2.96 bits per heavy atom. The van der Waals surface area contributed by atoms with Crippen LogP contribution in [0.1, 0.15) is 31.2 Å². The van der Waals surface area contributed by atoms with Crippen LogP contribution < -0.4 is 0 Å². The number of carbonyl (C=O) groups excluding carboxylic acids is 1. The first-order chi connectivity index (χ1) is 11.3. The minimum atomic E-state index is 0.170. The Morgan fingerprint density at radius 1 is 1.35 bits per heavy atom. The zero-order chi connectivity index (χ0) is 15.6. The van der Waals surface area contributed by atoms with Crippen molar-refractivity contribution in [1.29, 1.82) is 0 Å². The van der Waals surface area contributed by atoms with E-state index in [0.29, 0.717) is 30.8 Å². The van der Waals surface area contributed by atoms with Gasteiger partial charge in [-0.15, -0.1) is 0 Å². The first kappa shape index (κ1) is 14.9. The van der Waals surface area contributed by atoms with Gasteiger partial charge in [-0.1, -0.05) is 18.2 Å². The van der Waals surface area contributed by atoms with Crippen LogP contribution in [-0.4, -0.2) is 35.0 Å². The highest BCUT2D eigenvalue weighted by Crippen LogP contribution is 2.44. The van der Waals surface area contributed by atoms with Crippen LogP contribution in [0.3, 0.4) is 0 Å². The molecule has 1 saturated heterocycles. The predicted octanol–water partition coefficient (Wildman–Crippen LogP) is 2.80. The van der Waals surface area contributed by atoms with Crippen molar-refractivity contribution >= 4 is 5.91 Å². The van der Waals surface area contributed by atoms with E-state index < -0.39 is 0 Å². The number of rotatable bonds is 5. The highest BCUT2D eigenvalue weighted by atomic mass is 16.5. The number of hydrogen-bond donors (Lipinski definition) is 0. The van der Waals surface area contributed by atoms with E-state index in [1.165, 1.54) is 0 Å². The molecular weight excluding hydrogens is 288 g/mol. The highest BCUT2D eigenvalue weighted by Gasteiger charge is 2.41. The summed E-state index contributed by atoms with van der Waals surface area (Å²) in [5.74, 6) is 1.55. The number of nitrogens with zero attached hydrogens (tertiary/aromatic N) is 2. The van der Waals surface area contributed by atoms with Gasteiger partial charge in [0.2, 0.25) is 5.91 Å². The zero-order valence-electron chi connectivity index (χ0n) is 13.4. The zero-order valence-corrected chi connectivity index (χ0v) is 13.4. The number of amides is 1. The maximum atomic E-state index is 13.1. The molecule has 0 unspecified atom stereocenters. The quantitative estimate of drug-likeness (QED) is 0.785. The Morgan fingerprint density at radius 2 is 2.30 bits per heavy atom. The van der Waals surface area contributed by atoms with E-state index in [1.807, 2.05) is 23.2 Å². The average Bonchev–Trinajstić information content (AvgIpc) is 3.32. The van der Waals surface area contributed by atoms with Gasteiger partial charge < -0.3 is 9.64 Å². The summed E-state index contributed by atoms with van der Waals surface area (Å²) in [4.78, 5) is 19.3. The fraction of sp³-hybridized carbons (Fsp3) is 0.579. The van der Waals surface area contributed by atoms with Crippen LogP contribution in [0, 0.1) is 17.8 Å². The molecule has 0 aromatic carbocycles. The van der Waals surface area contributed by atoms with E-state index in [-0.39, 0.29) is 12.0 Å². The molecular formula is C19H24N2O2. The first-order valence-electron chi connectivity index (χ1n) is 8.77. The van der Waals surface area contributed by atoms with Crippen molar-refractivity contribution in [2.45, 2.75) is 38.3 Å². The van der Waals surface area contributed by atoms with Crippen molar-refractivity contribution in [1.82, 2.24) is 9.88 Å². The topological polar surface area (TPSA) is 42.4 Å². The summed E-state index contributed by atoms with van der Waals surface area (Å²) >= 11 is 0. The van der Waals surface area contributed by atoms with Crippen LogP contribution in [-0.2, 0) is 16.1 Å². The van der Waals surface area contributed by atoms with Crippen LogP contribution in [0.15, 0.2) is 36.7 Å². The molecule has 1 aliphatic heterocycles. The van der Waals surface area contributed by atoms with Gasteiger partial charge in [-0.2, -0.15) is 0 Å². The molecule has 23 heavy (non-hydrogen) atoms. The van der Waals surface area contributed by atoms with Gasteiger partial charge >= 0.3 is 0 Å². The fourth-order valence-electron chi connectivity index (χ4n) is 4.28. The molecule has 3 aliphatic rings. The third-order valence-corrected chi connectivity index (χ3v) is 5.45. The summed E-state index contributed by atoms with van der Waals surface area (Å²) in [6.45, 7) is 2.19. The van der Waals surface area contributed by atoms with Crippen molar-refractivity contribution < 1.29 is 9.53 Å². The summed E-state index contributed by atoms with van der Waals surface area (Å²) in [6, 6.07) is 3.98. The number of fused-ring (bicyclic) bond motifs is 2. The largest absolute Gasteiger partial charge is 0.376 e. The maximum absolute atomic E-state index is 13.1. The molecule has 4 heteroatoms. The van der Waals surface area contributed by atoms with Gasteiger partial charge in [-0.05, 0) is 49.1 Å². The predicted molar refractivity (Wildman–Crippen MR) is 87.5 cm³/mol. The molecule has 4 rings (SSSR count). The molecule has 1 amide bonds. The minimum absolute atomic E-state index is 0.170. The van der Waals surface area contributed by atoms with Crippen molar-refractivity contribution in [3.05, 3.63) is 42.2 Å². The van der Waals surface area contributed by atoms with Gasteiger partial charge in [0.1, 0.15) is 0 Å².